The number of likely N-dealkylation sites (tertiary alicyclic amines) is 1. The standard InChI is InChI=1S/C19H29N5O/c1-14(2)24-12-9-15(10-13-24)21-19(25)20-11-8-17-16-6-4-5-7-18(16)23(3)22-17/h4-7,14-15H,8-13H2,1-3H3,(H2,20,21,25). The van der Waals surface area contributed by atoms with E-state index in [1.165, 1.54) is 0 Å². The smallest absolute Gasteiger partial charge is 0.315 e. The Balaban J connectivity index is 1.44. The Hall–Kier alpha value is -2.08. The van der Waals surface area contributed by atoms with Crippen molar-refractivity contribution < 1.29 is 4.79 Å². The average Bonchev–Trinajstić information content (AvgIpc) is 2.92. The molecule has 1 aromatic heterocycles. The van der Waals surface area contributed by atoms with Gasteiger partial charge in [-0.15, -0.1) is 0 Å². The number of para-hydroxylation sites is 1. The van der Waals surface area contributed by atoms with E-state index >= 15 is 0 Å². The van der Waals surface area contributed by atoms with Crippen LogP contribution in [0.3, 0.4) is 0 Å². The Morgan fingerprint density at radius 3 is 2.72 bits per heavy atom. The number of rotatable bonds is 5. The quantitative estimate of drug-likeness (QED) is 0.876. The van der Waals surface area contributed by atoms with Gasteiger partial charge in [0.25, 0.3) is 0 Å². The molecule has 0 saturated carbocycles. The van der Waals surface area contributed by atoms with E-state index in [0.29, 0.717) is 12.6 Å². The minimum absolute atomic E-state index is 0.0665. The third kappa shape index (κ3) is 4.31. The molecule has 0 bridgehead atoms. The topological polar surface area (TPSA) is 62.2 Å². The number of nitrogens with zero attached hydrogens (tertiary/aromatic N) is 3. The summed E-state index contributed by atoms with van der Waals surface area (Å²) in [6.45, 7) is 7.16. The third-order valence-electron chi connectivity index (χ3n) is 5.08. The maximum absolute atomic E-state index is 12.1. The van der Waals surface area contributed by atoms with Crippen molar-refractivity contribution in [1.29, 1.82) is 0 Å². The molecule has 2 N–H and O–H groups in total. The SMILES string of the molecule is CC(C)N1CCC(NC(=O)NCCc2nn(C)c3ccccc23)CC1. The molecule has 0 unspecified atom stereocenters. The second-order valence-corrected chi connectivity index (χ2v) is 7.14. The van der Waals surface area contributed by atoms with E-state index in [2.05, 4.69) is 46.6 Å². The van der Waals surface area contributed by atoms with Gasteiger partial charge in [-0.1, -0.05) is 18.2 Å². The van der Waals surface area contributed by atoms with E-state index in [0.717, 1.165) is 48.9 Å². The number of fused-ring (bicyclic) bond motifs is 1. The van der Waals surface area contributed by atoms with Crippen LogP contribution in [0, 0.1) is 0 Å². The summed E-state index contributed by atoms with van der Waals surface area (Å²) in [6, 6.07) is 8.99. The molecule has 1 saturated heterocycles. The Morgan fingerprint density at radius 2 is 2.00 bits per heavy atom. The molecule has 0 spiro atoms. The van der Waals surface area contributed by atoms with Crippen molar-refractivity contribution >= 4 is 16.9 Å². The number of hydrogen-bond acceptors (Lipinski definition) is 3. The van der Waals surface area contributed by atoms with Gasteiger partial charge < -0.3 is 15.5 Å². The van der Waals surface area contributed by atoms with E-state index in [1.807, 2.05) is 23.9 Å². The Labute approximate surface area is 149 Å². The van der Waals surface area contributed by atoms with E-state index in [-0.39, 0.29) is 12.1 Å². The van der Waals surface area contributed by atoms with Crippen LogP contribution in [0.4, 0.5) is 4.79 Å². The molecule has 2 aromatic rings. The number of aryl methyl sites for hydroxylation is 1. The van der Waals surface area contributed by atoms with Gasteiger partial charge >= 0.3 is 6.03 Å². The normalized spacial score (nSPS) is 16.5. The summed E-state index contributed by atoms with van der Waals surface area (Å²) in [6.07, 6.45) is 2.79. The van der Waals surface area contributed by atoms with E-state index in [1.54, 1.807) is 0 Å². The van der Waals surface area contributed by atoms with Crippen molar-refractivity contribution in [2.75, 3.05) is 19.6 Å². The molecule has 6 heteroatoms. The highest BCUT2D eigenvalue weighted by Crippen LogP contribution is 2.17. The number of urea groups is 1. The highest BCUT2D eigenvalue weighted by molar-refractivity contribution is 5.82. The molecule has 0 aliphatic carbocycles. The fourth-order valence-electron chi connectivity index (χ4n) is 3.56. The van der Waals surface area contributed by atoms with Crippen molar-refractivity contribution in [1.82, 2.24) is 25.3 Å². The maximum Gasteiger partial charge on any atom is 0.315 e. The fourth-order valence-corrected chi connectivity index (χ4v) is 3.56. The zero-order valence-electron chi connectivity index (χ0n) is 15.5. The highest BCUT2D eigenvalue weighted by Gasteiger charge is 2.21. The lowest BCUT2D eigenvalue weighted by Crippen LogP contribution is -2.49. The van der Waals surface area contributed by atoms with Gasteiger partial charge in [0, 0.05) is 50.6 Å². The Kier molecular flexibility index (Phi) is 5.58. The van der Waals surface area contributed by atoms with Crippen molar-refractivity contribution in [2.24, 2.45) is 7.05 Å². The lowest BCUT2D eigenvalue weighted by atomic mass is 10.0. The van der Waals surface area contributed by atoms with Gasteiger partial charge in [-0.2, -0.15) is 5.10 Å². The monoisotopic (exact) mass is 343 g/mol. The molecule has 6 nitrogen and oxygen atoms in total. The lowest BCUT2D eigenvalue weighted by molar-refractivity contribution is 0.161. The van der Waals surface area contributed by atoms with Gasteiger partial charge in [0.05, 0.1) is 11.2 Å². The molecular weight excluding hydrogens is 314 g/mol. The van der Waals surface area contributed by atoms with Crippen LogP contribution in [0.15, 0.2) is 24.3 Å². The number of amides is 2. The first-order chi connectivity index (χ1) is 12.0. The van der Waals surface area contributed by atoms with Crippen LogP contribution in [0.25, 0.3) is 10.9 Å². The number of piperidine rings is 1. The number of nitrogens with one attached hydrogen (secondary N) is 2. The Bertz CT molecular complexity index is 716. The van der Waals surface area contributed by atoms with Crippen LogP contribution >= 0.6 is 0 Å². The summed E-state index contributed by atoms with van der Waals surface area (Å²) in [5, 5.41) is 11.8. The molecule has 0 radical (unpaired) electrons. The van der Waals surface area contributed by atoms with Crippen molar-refractivity contribution in [2.45, 2.75) is 45.2 Å². The first-order valence-electron chi connectivity index (χ1n) is 9.23. The number of carbonyl (C=O) groups excluding carboxylic acids is 1. The average molecular weight is 343 g/mol. The summed E-state index contributed by atoms with van der Waals surface area (Å²) in [5.41, 5.74) is 2.16. The predicted octanol–water partition coefficient (Wildman–Crippen LogP) is 2.29. The summed E-state index contributed by atoms with van der Waals surface area (Å²) < 4.78 is 1.90. The molecule has 3 rings (SSSR count). The van der Waals surface area contributed by atoms with Gasteiger partial charge in [0.2, 0.25) is 0 Å². The second kappa shape index (κ2) is 7.87. The maximum atomic E-state index is 12.1. The van der Waals surface area contributed by atoms with E-state index < -0.39 is 0 Å². The van der Waals surface area contributed by atoms with Crippen LogP contribution in [0.5, 0.6) is 0 Å². The van der Waals surface area contributed by atoms with Crippen LogP contribution in [-0.2, 0) is 13.5 Å². The molecule has 1 aromatic carbocycles. The fraction of sp³-hybridized carbons (Fsp3) is 0.579. The minimum Gasteiger partial charge on any atom is -0.338 e. The third-order valence-corrected chi connectivity index (χ3v) is 5.08. The highest BCUT2D eigenvalue weighted by atomic mass is 16.2. The molecule has 25 heavy (non-hydrogen) atoms. The van der Waals surface area contributed by atoms with Gasteiger partial charge in [-0.05, 0) is 32.8 Å². The summed E-state index contributed by atoms with van der Waals surface area (Å²) >= 11 is 0. The molecular formula is C19H29N5O. The number of benzene rings is 1. The number of hydrogen-bond donors (Lipinski definition) is 2. The zero-order chi connectivity index (χ0) is 17.8. The van der Waals surface area contributed by atoms with E-state index in [9.17, 15) is 4.79 Å². The molecule has 1 fully saturated rings. The van der Waals surface area contributed by atoms with Crippen LogP contribution < -0.4 is 10.6 Å². The van der Waals surface area contributed by atoms with Gasteiger partial charge in [0.1, 0.15) is 0 Å². The number of carbonyl (C=O) groups is 1. The van der Waals surface area contributed by atoms with Crippen molar-refractivity contribution in [3.8, 4) is 0 Å². The lowest BCUT2D eigenvalue weighted by Gasteiger charge is -2.34. The van der Waals surface area contributed by atoms with Gasteiger partial charge in [0.15, 0.2) is 0 Å². The van der Waals surface area contributed by atoms with Crippen molar-refractivity contribution in [3.63, 3.8) is 0 Å². The molecule has 0 atom stereocenters. The molecule has 1 aliphatic rings. The van der Waals surface area contributed by atoms with Crippen molar-refractivity contribution in [3.05, 3.63) is 30.0 Å². The molecule has 2 heterocycles. The van der Waals surface area contributed by atoms with Crippen LogP contribution in [0.1, 0.15) is 32.4 Å². The first-order valence-corrected chi connectivity index (χ1v) is 9.23. The number of aromatic nitrogens is 2. The van der Waals surface area contributed by atoms with Crippen LogP contribution in [-0.4, -0.2) is 52.4 Å². The van der Waals surface area contributed by atoms with Gasteiger partial charge in [-0.3, -0.25) is 4.68 Å². The second-order valence-electron chi connectivity index (χ2n) is 7.14. The molecule has 136 valence electrons. The van der Waals surface area contributed by atoms with Gasteiger partial charge in [-0.25, -0.2) is 4.79 Å². The zero-order valence-corrected chi connectivity index (χ0v) is 15.5. The summed E-state index contributed by atoms with van der Waals surface area (Å²) in [7, 11) is 1.95. The summed E-state index contributed by atoms with van der Waals surface area (Å²) in [4.78, 5) is 14.6. The van der Waals surface area contributed by atoms with Crippen LogP contribution in [0.2, 0.25) is 0 Å². The largest absolute Gasteiger partial charge is 0.338 e. The summed E-state index contributed by atoms with van der Waals surface area (Å²) in [5.74, 6) is 0. The molecule has 1 aliphatic heterocycles. The minimum atomic E-state index is -0.0665. The Morgan fingerprint density at radius 1 is 1.28 bits per heavy atom. The predicted molar refractivity (Wildman–Crippen MR) is 101 cm³/mol. The first kappa shape index (κ1) is 17.7. The molecule has 2 amide bonds. The van der Waals surface area contributed by atoms with E-state index in [4.69, 9.17) is 0 Å².